The Labute approximate surface area is 79.5 Å². The third-order valence-corrected chi connectivity index (χ3v) is 1.29. The fraction of sp³-hybridized carbons (Fsp3) is 0.857. The maximum absolute atomic E-state index is 11.6. The Hall–Kier alpha value is -0.820. The maximum atomic E-state index is 11.6. The minimum atomic E-state index is -4.32. The Balaban J connectivity index is 3.55. The number of carbonyl (C=O) groups is 1. The molecule has 0 aliphatic carbocycles. The second-order valence-corrected chi connectivity index (χ2v) is 2.87. The second kappa shape index (κ2) is 5.82. The average molecular weight is 214 g/mol. The standard InChI is InChI=1S/C7H13F3N2O2/c1-5(3-13)12-6(14)2-11-4-7(8,9)10/h5,11,13H,2-4H2,1H3,(H,12,14). The van der Waals surface area contributed by atoms with Gasteiger partial charge in [-0.1, -0.05) is 0 Å². The van der Waals surface area contributed by atoms with Crippen LogP contribution in [0.15, 0.2) is 0 Å². The van der Waals surface area contributed by atoms with Gasteiger partial charge in [-0.3, -0.25) is 4.79 Å². The van der Waals surface area contributed by atoms with Crippen LogP contribution in [0, 0.1) is 0 Å². The maximum Gasteiger partial charge on any atom is 0.401 e. The number of hydrogen-bond acceptors (Lipinski definition) is 3. The molecular formula is C7H13F3N2O2. The van der Waals surface area contributed by atoms with Gasteiger partial charge in [0.05, 0.1) is 19.7 Å². The molecule has 1 unspecified atom stereocenters. The zero-order chi connectivity index (χ0) is 11.2. The van der Waals surface area contributed by atoms with Crippen LogP contribution in [0.4, 0.5) is 13.2 Å². The Morgan fingerprint density at radius 3 is 2.50 bits per heavy atom. The molecule has 0 saturated carbocycles. The van der Waals surface area contributed by atoms with Gasteiger partial charge < -0.3 is 15.7 Å². The van der Waals surface area contributed by atoms with Crippen molar-refractivity contribution >= 4 is 5.91 Å². The number of rotatable bonds is 5. The molecule has 0 bridgehead atoms. The quantitative estimate of drug-likeness (QED) is 0.585. The van der Waals surface area contributed by atoms with E-state index in [-0.39, 0.29) is 6.61 Å². The van der Waals surface area contributed by atoms with Gasteiger partial charge in [0.1, 0.15) is 0 Å². The van der Waals surface area contributed by atoms with Crippen molar-refractivity contribution in [3.05, 3.63) is 0 Å². The van der Waals surface area contributed by atoms with Crippen molar-refractivity contribution in [2.75, 3.05) is 19.7 Å². The van der Waals surface area contributed by atoms with Gasteiger partial charge in [0.2, 0.25) is 5.91 Å². The first-order chi connectivity index (χ1) is 6.35. The van der Waals surface area contributed by atoms with Gasteiger partial charge in [-0.25, -0.2) is 0 Å². The van der Waals surface area contributed by atoms with Crippen LogP contribution in [0.5, 0.6) is 0 Å². The summed E-state index contributed by atoms with van der Waals surface area (Å²) < 4.78 is 34.8. The minimum Gasteiger partial charge on any atom is -0.394 e. The van der Waals surface area contributed by atoms with E-state index in [2.05, 4.69) is 5.32 Å². The Morgan fingerprint density at radius 2 is 2.07 bits per heavy atom. The smallest absolute Gasteiger partial charge is 0.394 e. The van der Waals surface area contributed by atoms with Gasteiger partial charge in [0, 0.05) is 6.04 Å². The van der Waals surface area contributed by atoms with E-state index in [1.807, 2.05) is 5.32 Å². The molecule has 0 radical (unpaired) electrons. The highest BCUT2D eigenvalue weighted by Crippen LogP contribution is 2.11. The molecule has 0 fully saturated rings. The number of carbonyl (C=O) groups excluding carboxylic acids is 1. The number of aliphatic hydroxyl groups excluding tert-OH is 1. The summed E-state index contributed by atoms with van der Waals surface area (Å²) in [7, 11) is 0. The Bertz CT molecular complexity index is 184. The molecule has 1 amide bonds. The third-order valence-electron chi connectivity index (χ3n) is 1.29. The van der Waals surface area contributed by atoms with E-state index in [1.165, 1.54) is 0 Å². The molecule has 0 aliphatic rings. The first-order valence-electron chi connectivity index (χ1n) is 4.03. The van der Waals surface area contributed by atoms with Gasteiger partial charge in [0.25, 0.3) is 0 Å². The third kappa shape index (κ3) is 7.81. The van der Waals surface area contributed by atoms with Gasteiger partial charge >= 0.3 is 6.18 Å². The van der Waals surface area contributed by atoms with Crippen LogP contribution in [-0.4, -0.2) is 42.9 Å². The highest BCUT2D eigenvalue weighted by Gasteiger charge is 2.26. The largest absolute Gasteiger partial charge is 0.401 e. The van der Waals surface area contributed by atoms with Crippen LogP contribution in [0.1, 0.15) is 6.92 Å². The predicted molar refractivity (Wildman–Crippen MR) is 43.6 cm³/mol. The first kappa shape index (κ1) is 13.2. The highest BCUT2D eigenvalue weighted by atomic mass is 19.4. The molecule has 0 aromatic carbocycles. The summed E-state index contributed by atoms with van der Waals surface area (Å²) in [5, 5.41) is 12.8. The summed E-state index contributed by atoms with van der Waals surface area (Å²) in [4.78, 5) is 10.8. The summed E-state index contributed by atoms with van der Waals surface area (Å²) in [5.74, 6) is -0.573. The molecule has 0 heterocycles. The fourth-order valence-electron chi connectivity index (χ4n) is 0.689. The summed E-state index contributed by atoms with van der Waals surface area (Å²) in [6, 6.07) is -0.449. The topological polar surface area (TPSA) is 61.4 Å². The van der Waals surface area contributed by atoms with Crippen molar-refractivity contribution in [1.82, 2.24) is 10.6 Å². The van der Waals surface area contributed by atoms with E-state index < -0.39 is 31.2 Å². The van der Waals surface area contributed by atoms with Crippen LogP contribution < -0.4 is 10.6 Å². The van der Waals surface area contributed by atoms with Crippen molar-refractivity contribution < 1.29 is 23.1 Å². The normalized spacial score (nSPS) is 13.8. The van der Waals surface area contributed by atoms with Crippen LogP contribution in [0.3, 0.4) is 0 Å². The molecule has 4 nitrogen and oxygen atoms in total. The molecule has 0 rings (SSSR count). The number of hydrogen-bond donors (Lipinski definition) is 3. The molecule has 0 spiro atoms. The van der Waals surface area contributed by atoms with Gasteiger partial charge in [-0.05, 0) is 6.92 Å². The lowest BCUT2D eigenvalue weighted by atomic mass is 10.3. The van der Waals surface area contributed by atoms with Crippen molar-refractivity contribution in [2.45, 2.75) is 19.1 Å². The Morgan fingerprint density at radius 1 is 1.50 bits per heavy atom. The van der Waals surface area contributed by atoms with E-state index >= 15 is 0 Å². The molecule has 0 aromatic rings. The van der Waals surface area contributed by atoms with Gasteiger partial charge in [0.15, 0.2) is 0 Å². The van der Waals surface area contributed by atoms with Crippen LogP contribution >= 0.6 is 0 Å². The first-order valence-corrected chi connectivity index (χ1v) is 4.03. The molecular weight excluding hydrogens is 201 g/mol. The molecule has 14 heavy (non-hydrogen) atoms. The minimum absolute atomic E-state index is 0.245. The summed E-state index contributed by atoms with van der Waals surface area (Å²) >= 11 is 0. The number of amides is 1. The SMILES string of the molecule is CC(CO)NC(=O)CNCC(F)(F)F. The number of aliphatic hydroxyl groups is 1. The molecule has 84 valence electrons. The lowest BCUT2D eigenvalue weighted by molar-refractivity contribution is -0.128. The van der Waals surface area contributed by atoms with E-state index in [0.717, 1.165) is 0 Å². The second-order valence-electron chi connectivity index (χ2n) is 2.87. The number of alkyl halides is 3. The van der Waals surface area contributed by atoms with Gasteiger partial charge in [-0.2, -0.15) is 13.2 Å². The molecule has 1 atom stereocenters. The van der Waals surface area contributed by atoms with Crippen LogP contribution in [0.25, 0.3) is 0 Å². The van der Waals surface area contributed by atoms with Crippen molar-refractivity contribution in [3.63, 3.8) is 0 Å². The van der Waals surface area contributed by atoms with Crippen molar-refractivity contribution in [3.8, 4) is 0 Å². The molecule has 0 aromatic heterocycles. The summed E-state index contributed by atoms with van der Waals surface area (Å²) in [6.07, 6.45) is -4.32. The van der Waals surface area contributed by atoms with E-state index in [9.17, 15) is 18.0 Å². The Kier molecular flexibility index (Phi) is 5.47. The zero-order valence-corrected chi connectivity index (χ0v) is 7.69. The van der Waals surface area contributed by atoms with Crippen LogP contribution in [-0.2, 0) is 4.79 Å². The monoisotopic (exact) mass is 214 g/mol. The molecule has 7 heteroatoms. The zero-order valence-electron chi connectivity index (χ0n) is 7.69. The lowest BCUT2D eigenvalue weighted by Gasteiger charge is -2.11. The fourth-order valence-corrected chi connectivity index (χ4v) is 0.689. The van der Waals surface area contributed by atoms with Crippen molar-refractivity contribution in [1.29, 1.82) is 0 Å². The molecule has 3 N–H and O–H groups in total. The lowest BCUT2D eigenvalue weighted by Crippen LogP contribution is -2.42. The summed E-state index contributed by atoms with van der Waals surface area (Å²) in [5.41, 5.74) is 0. The van der Waals surface area contributed by atoms with E-state index in [4.69, 9.17) is 5.11 Å². The average Bonchev–Trinajstić information content (AvgIpc) is 2.01. The van der Waals surface area contributed by atoms with Gasteiger partial charge in [-0.15, -0.1) is 0 Å². The summed E-state index contributed by atoms with van der Waals surface area (Å²) in [6.45, 7) is -0.315. The molecule has 0 aliphatic heterocycles. The van der Waals surface area contributed by atoms with Crippen molar-refractivity contribution in [2.24, 2.45) is 0 Å². The number of halogens is 3. The predicted octanol–water partition coefficient (Wildman–Crippen LogP) is -0.365. The number of nitrogens with one attached hydrogen (secondary N) is 2. The van der Waals surface area contributed by atoms with E-state index in [0.29, 0.717) is 0 Å². The van der Waals surface area contributed by atoms with Crippen LogP contribution in [0.2, 0.25) is 0 Å². The van der Waals surface area contributed by atoms with E-state index in [1.54, 1.807) is 6.92 Å². The highest BCUT2D eigenvalue weighted by molar-refractivity contribution is 5.78. The molecule has 0 saturated heterocycles.